The number of tetrazole rings is 1. The van der Waals surface area contributed by atoms with Gasteiger partial charge >= 0.3 is 0 Å². The number of imidazole rings is 1. The number of rotatable bonds is 5. The Morgan fingerprint density at radius 2 is 2.12 bits per heavy atom. The molecule has 0 aliphatic heterocycles. The van der Waals surface area contributed by atoms with Crippen LogP contribution in [0.25, 0.3) is 27.6 Å². The summed E-state index contributed by atoms with van der Waals surface area (Å²) in [4.78, 5) is 4.78. The fourth-order valence-corrected chi connectivity index (χ4v) is 3.19. The topological polar surface area (TPSA) is 90.4 Å². The van der Waals surface area contributed by atoms with Crippen LogP contribution in [-0.2, 0) is 17.9 Å². The molecule has 0 spiro atoms. The second kappa shape index (κ2) is 5.96. The van der Waals surface area contributed by atoms with Crippen LogP contribution in [0.3, 0.4) is 0 Å². The first-order valence-electron chi connectivity index (χ1n) is 8.39. The fraction of sp³-hybridized carbons (Fsp3) is 0.412. The van der Waals surface area contributed by atoms with Crippen LogP contribution in [0.2, 0.25) is 0 Å². The maximum atomic E-state index is 10.0. The van der Waals surface area contributed by atoms with E-state index in [9.17, 15) is 5.11 Å². The molecule has 1 aromatic carbocycles. The summed E-state index contributed by atoms with van der Waals surface area (Å²) in [5.41, 5.74) is 3.08. The van der Waals surface area contributed by atoms with Gasteiger partial charge in [-0.3, -0.25) is 0 Å². The van der Waals surface area contributed by atoms with Crippen LogP contribution in [0.4, 0.5) is 0 Å². The van der Waals surface area contributed by atoms with Gasteiger partial charge in [0.05, 0.1) is 11.0 Å². The van der Waals surface area contributed by atoms with Crippen molar-refractivity contribution in [2.24, 2.45) is 5.92 Å². The molecule has 8 nitrogen and oxygen atoms in total. The van der Waals surface area contributed by atoms with Crippen LogP contribution in [0, 0.1) is 5.92 Å². The van der Waals surface area contributed by atoms with Gasteiger partial charge in [0, 0.05) is 18.5 Å². The van der Waals surface area contributed by atoms with Crippen molar-refractivity contribution in [1.82, 2.24) is 29.6 Å². The minimum absolute atomic E-state index is 0.199. The summed E-state index contributed by atoms with van der Waals surface area (Å²) in [6.07, 6.45) is 0. The van der Waals surface area contributed by atoms with Crippen molar-refractivity contribution >= 4 is 27.6 Å². The number of hydrogen-bond acceptors (Lipinski definition) is 6. The Hall–Kier alpha value is -2.74. The zero-order chi connectivity index (χ0) is 17.6. The van der Waals surface area contributed by atoms with E-state index in [1.165, 1.54) is 0 Å². The Kier molecular flexibility index (Phi) is 3.76. The van der Waals surface area contributed by atoms with E-state index in [0.29, 0.717) is 24.8 Å². The van der Waals surface area contributed by atoms with E-state index in [4.69, 9.17) is 9.72 Å². The first-order valence-corrected chi connectivity index (χ1v) is 8.39. The molecule has 0 unspecified atom stereocenters. The molecule has 0 amide bonds. The van der Waals surface area contributed by atoms with Crippen molar-refractivity contribution in [2.75, 3.05) is 6.61 Å². The lowest BCUT2D eigenvalue weighted by Gasteiger charge is -2.13. The zero-order valence-corrected chi connectivity index (χ0v) is 14.5. The van der Waals surface area contributed by atoms with Gasteiger partial charge in [-0.15, -0.1) is 5.10 Å². The number of benzene rings is 1. The molecule has 0 bridgehead atoms. The van der Waals surface area contributed by atoms with Crippen LogP contribution in [0.5, 0.6) is 5.75 Å². The van der Waals surface area contributed by atoms with Crippen LogP contribution < -0.4 is 0 Å². The quantitative estimate of drug-likeness (QED) is 0.600. The number of phenols is 1. The van der Waals surface area contributed by atoms with Crippen LogP contribution in [0.1, 0.15) is 26.6 Å². The lowest BCUT2D eigenvalue weighted by molar-refractivity contribution is 0.125. The van der Waals surface area contributed by atoms with Crippen LogP contribution >= 0.6 is 0 Å². The van der Waals surface area contributed by atoms with Gasteiger partial charge in [-0.2, -0.15) is 4.52 Å². The van der Waals surface area contributed by atoms with E-state index in [-0.39, 0.29) is 5.75 Å². The number of pyridine rings is 1. The van der Waals surface area contributed by atoms with Gasteiger partial charge in [-0.1, -0.05) is 13.8 Å². The molecule has 3 aromatic heterocycles. The minimum Gasteiger partial charge on any atom is -0.508 e. The third-order valence-electron chi connectivity index (χ3n) is 4.17. The second-order valence-corrected chi connectivity index (χ2v) is 6.48. The average molecular weight is 340 g/mol. The van der Waals surface area contributed by atoms with E-state index in [0.717, 1.165) is 34.3 Å². The van der Waals surface area contributed by atoms with Gasteiger partial charge in [0.1, 0.15) is 23.7 Å². The highest BCUT2D eigenvalue weighted by atomic mass is 16.5. The third-order valence-corrected chi connectivity index (χ3v) is 4.17. The van der Waals surface area contributed by atoms with Gasteiger partial charge in [-0.25, -0.2) is 4.98 Å². The highest BCUT2D eigenvalue weighted by Gasteiger charge is 2.20. The summed E-state index contributed by atoms with van der Waals surface area (Å²) in [6.45, 7) is 8.12. The number of hydrogen-bond donors (Lipinski definition) is 1. The standard InChI is InChI=1S/C17H20N6O2/c1-4-25-9-14-18-15-16(22(14)8-10(2)3)12-7-11(24)5-6-13(12)23-17(15)19-20-21-23/h5-7,10,24H,4,8-9H2,1-3H3. The average Bonchev–Trinajstić information content (AvgIpc) is 3.18. The molecule has 0 aliphatic carbocycles. The van der Waals surface area contributed by atoms with Crippen molar-refractivity contribution in [3.05, 3.63) is 24.0 Å². The summed E-state index contributed by atoms with van der Waals surface area (Å²) in [5.74, 6) is 1.47. The minimum atomic E-state index is 0.199. The molecule has 0 radical (unpaired) electrons. The Bertz CT molecular complexity index is 1070. The lowest BCUT2D eigenvalue weighted by atomic mass is 10.1. The largest absolute Gasteiger partial charge is 0.508 e. The first kappa shape index (κ1) is 15.8. The van der Waals surface area contributed by atoms with Crippen molar-refractivity contribution in [3.63, 3.8) is 0 Å². The van der Waals surface area contributed by atoms with E-state index < -0.39 is 0 Å². The van der Waals surface area contributed by atoms with Gasteiger partial charge < -0.3 is 14.4 Å². The summed E-state index contributed by atoms with van der Waals surface area (Å²) in [7, 11) is 0. The molecule has 8 heteroatoms. The van der Waals surface area contributed by atoms with E-state index in [2.05, 4.69) is 33.9 Å². The maximum absolute atomic E-state index is 10.0. The molecule has 4 aromatic rings. The van der Waals surface area contributed by atoms with Crippen LogP contribution in [0.15, 0.2) is 18.2 Å². The molecular weight excluding hydrogens is 320 g/mol. The van der Waals surface area contributed by atoms with Crippen molar-refractivity contribution in [3.8, 4) is 5.75 Å². The van der Waals surface area contributed by atoms with Gasteiger partial charge in [0.2, 0.25) is 5.65 Å². The monoisotopic (exact) mass is 340 g/mol. The Morgan fingerprint density at radius 1 is 1.28 bits per heavy atom. The van der Waals surface area contributed by atoms with Gasteiger partial charge in [0.15, 0.2) is 0 Å². The number of aromatic nitrogens is 6. The molecule has 0 fully saturated rings. The summed E-state index contributed by atoms with van der Waals surface area (Å²) in [6, 6.07) is 5.20. The highest BCUT2D eigenvalue weighted by molar-refractivity contribution is 6.08. The van der Waals surface area contributed by atoms with Gasteiger partial charge in [-0.05, 0) is 41.5 Å². The first-order chi connectivity index (χ1) is 12.1. The Balaban J connectivity index is 2.15. The summed E-state index contributed by atoms with van der Waals surface area (Å²) in [5, 5.41) is 22.9. The number of fused-ring (bicyclic) bond motifs is 6. The van der Waals surface area contributed by atoms with Crippen molar-refractivity contribution < 1.29 is 9.84 Å². The normalized spacial score (nSPS) is 12.2. The smallest absolute Gasteiger partial charge is 0.207 e. The van der Waals surface area contributed by atoms with E-state index in [1.807, 2.05) is 13.0 Å². The molecule has 0 atom stereocenters. The predicted octanol–water partition coefficient (Wildman–Crippen LogP) is 2.53. The Morgan fingerprint density at radius 3 is 2.88 bits per heavy atom. The maximum Gasteiger partial charge on any atom is 0.207 e. The number of phenolic OH excluding ortho intramolecular Hbond substituents is 1. The SMILES string of the molecule is CCOCc1nc2c(c3cc(O)ccc3n3nnnc23)n1CC(C)C. The van der Waals surface area contributed by atoms with E-state index >= 15 is 0 Å². The zero-order valence-electron chi connectivity index (χ0n) is 14.5. The molecule has 0 saturated carbocycles. The molecule has 25 heavy (non-hydrogen) atoms. The molecule has 0 aliphatic rings. The molecule has 4 rings (SSSR count). The van der Waals surface area contributed by atoms with Gasteiger partial charge in [0.25, 0.3) is 0 Å². The highest BCUT2D eigenvalue weighted by Crippen LogP contribution is 2.31. The van der Waals surface area contributed by atoms with E-state index in [1.54, 1.807) is 16.6 Å². The number of aromatic hydroxyl groups is 1. The third kappa shape index (κ3) is 2.49. The molecule has 1 N–H and O–H groups in total. The van der Waals surface area contributed by atoms with Crippen molar-refractivity contribution in [1.29, 1.82) is 0 Å². The Labute approximate surface area is 144 Å². The predicted molar refractivity (Wildman–Crippen MR) is 93.4 cm³/mol. The molecule has 0 saturated heterocycles. The molecule has 3 heterocycles. The molecule has 130 valence electrons. The second-order valence-electron chi connectivity index (χ2n) is 6.48. The lowest BCUT2D eigenvalue weighted by Crippen LogP contribution is -2.10. The van der Waals surface area contributed by atoms with Crippen molar-refractivity contribution in [2.45, 2.75) is 33.9 Å². The fourth-order valence-electron chi connectivity index (χ4n) is 3.19. The number of nitrogens with zero attached hydrogens (tertiary/aromatic N) is 6. The summed E-state index contributed by atoms with van der Waals surface area (Å²) >= 11 is 0. The summed E-state index contributed by atoms with van der Waals surface area (Å²) < 4.78 is 9.43. The number of ether oxygens (including phenoxy) is 1. The molecular formula is C17H20N6O2. The van der Waals surface area contributed by atoms with Crippen LogP contribution in [-0.4, -0.2) is 41.3 Å².